The number of hydrogen-bond acceptors (Lipinski definition) is 4. The first-order valence-corrected chi connectivity index (χ1v) is 7.61. The number of rotatable bonds is 3. The summed E-state index contributed by atoms with van der Waals surface area (Å²) >= 11 is 6.46. The average Bonchev–Trinajstić information content (AvgIpc) is 2.45. The Hall–Kier alpha value is -1.53. The highest BCUT2D eigenvalue weighted by molar-refractivity contribution is 8.23. The van der Waals surface area contributed by atoms with Crippen LogP contribution in [0.2, 0.25) is 0 Å². The fourth-order valence-electron chi connectivity index (χ4n) is 1.94. The molecule has 2 N–H and O–H groups in total. The van der Waals surface area contributed by atoms with Crippen molar-refractivity contribution in [3.8, 4) is 5.75 Å². The zero-order valence-electron chi connectivity index (χ0n) is 11.3. The maximum atomic E-state index is 12.1. The van der Waals surface area contributed by atoms with Crippen molar-refractivity contribution in [3.05, 3.63) is 34.6 Å². The van der Waals surface area contributed by atoms with Crippen LogP contribution < -0.4 is 5.56 Å². The largest absolute Gasteiger partial charge is 0.506 e. The number of hydrogen-bond donors (Lipinski definition) is 2. The Morgan fingerprint density at radius 2 is 2.00 bits per heavy atom. The van der Waals surface area contributed by atoms with Gasteiger partial charge in [-0.05, 0) is 26.0 Å². The van der Waals surface area contributed by atoms with Crippen LogP contribution in [-0.2, 0) is 0 Å². The Kier molecular flexibility index (Phi) is 4.67. The van der Waals surface area contributed by atoms with E-state index in [1.54, 1.807) is 12.1 Å². The normalized spacial score (nSPS) is 10.7. The van der Waals surface area contributed by atoms with E-state index < -0.39 is 0 Å². The summed E-state index contributed by atoms with van der Waals surface area (Å²) in [4.78, 5) is 17.1. The molecular formula is C14H16N2O2S2. The van der Waals surface area contributed by atoms with Crippen molar-refractivity contribution in [2.75, 3.05) is 13.1 Å². The quantitative estimate of drug-likeness (QED) is 0.674. The summed E-state index contributed by atoms with van der Waals surface area (Å²) in [6.07, 6.45) is 0. The lowest BCUT2D eigenvalue weighted by Gasteiger charge is -2.20. The van der Waals surface area contributed by atoms with Gasteiger partial charge in [0.2, 0.25) is 0 Å². The molecule has 4 nitrogen and oxygen atoms in total. The van der Waals surface area contributed by atoms with Crippen molar-refractivity contribution in [2.24, 2.45) is 0 Å². The fourth-order valence-corrected chi connectivity index (χ4v) is 3.36. The van der Waals surface area contributed by atoms with E-state index in [2.05, 4.69) is 4.98 Å². The molecule has 106 valence electrons. The molecule has 0 saturated heterocycles. The molecule has 0 aliphatic heterocycles. The van der Waals surface area contributed by atoms with Crippen LogP contribution in [0.1, 0.15) is 13.8 Å². The molecule has 20 heavy (non-hydrogen) atoms. The van der Waals surface area contributed by atoms with E-state index in [0.717, 1.165) is 24.9 Å². The highest BCUT2D eigenvalue weighted by atomic mass is 32.2. The Bertz CT molecular complexity index is 693. The van der Waals surface area contributed by atoms with Gasteiger partial charge in [-0.2, -0.15) is 0 Å². The van der Waals surface area contributed by atoms with E-state index in [4.69, 9.17) is 12.2 Å². The fraction of sp³-hybridized carbons (Fsp3) is 0.286. The molecular weight excluding hydrogens is 292 g/mol. The number of fused-ring (bicyclic) bond motifs is 1. The lowest BCUT2D eigenvalue weighted by molar-refractivity contribution is 0.466. The molecule has 1 heterocycles. The molecule has 1 aromatic heterocycles. The number of thiocarbonyl (C=S) groups is 1. The highest BCUT2D eigenvalue weighted by Gasteiger charge is 2.16. The number of aromatic hydroxyl groups is 1. The van der Waals surface area contributed by atoms with Gasteiger partial charge >= 0.3 is 0 Å². The van der Waals surface area contributed by atoms with Crippen molar-refractivity contribution in [2.45, 2.75) is 18.7 Å². The Morgan fingerprint density at radius 1 is 1.35 bits per heavy atom. The maximum absolute atomic E-state index is 12.1. The van der Waals surface area contributed by atoms with Crippen molar-refractivity contribution in [3.63, 3.8) is 0 Å². The van der Waals surface area contributed by atoms with Gasteiger partial charge in [0, 0.05) is 18.5 Å². The van der Waals surface area contributed by atoms with Gasteiger partial charge in [-0.25, -0.2) is 0 Å². The molecule has 0 atom stereocenters. The van der Waals surface area contributed by atoms with E-state index in [0.29, 0.717) is 15.2 Å². The molecule has 0 bridgehead atoms. The number of para-hydroxylation sites is 1. The second kappa shape index (κ2) is 6.28. The minimum Gasteiger partial charge on any atom is -0.506 e. The minimum absolute atomic E-state index is 0.0103. The molecule has 0 aliphatic carbocycles. The van der Waals surface area contributed by atoms with E-state index in [9.17, 15) is 9.90 Å². The predicted octanol–water partition coefficient (Wildman–Crippen LogP) is 2.95. The van der Waals surface area contributed by atoms with Crippen molar-refractivity contribution in [1.29, 1.82) is 0 Å². The number of nitrogens with zero attached hydrogens (tertiary/aromatic N) is 1. The average molecular weight is 308 g/mol. The van der Waals surface area contributed by atoms with Crippen molar-refractivity contribution in [1.82, 2.24) is 9.88 Å². The van der Waals surface area contributed by atoms with Crippen LogP contribution in [0, 0.1) is 0 Å². The molecule has 0 amide bonds. The van der Waals surface area contributed by atoms with Gasteiger partial charge in [-0.1, -0.05) is 36.1 Å². The van der Waals surface area contributed by atoms with E-state index in [1.165, 1.54) is 0 Å². The molecule has 2 rings (SSSR count). The van der Waals surface area contributed by atoms with Crippen LogP contribution in [0.15, 0.2) is 34.0 Å². The summed E-state index contributed by atoms with van der Waals surface area (Å²) in [5, 5.41) is 10.9. The van der Waals surface area contributed by atoms with Crippen LogP contribution >= 0.6 is 24.0 Å². The second-order valence-electron chi connectivity index (χ2n) is 4.22. The number of aromatic nitrogens is 1. The summed E-state index contributed by atoms with van der Waals surface area (Å²) in [5.74, 6) is -0.0103. The molecule has 0 radical (unpaired) electrons. The van der Waals surface area contributed by atoms with Crippen LogP contribution in [0.4, 0.5) is 0 Å². The van der Waals surface area contributed by atoms with Crippen LogP contribution in [0.25, 0.3) is 10.9 Å². The van der Waals surface area contributed by atoms with Gasteiger partial charge in [-0.15, -0.1) is 0 Å². The molecule has 0 unspecified atom stereocenters. The summed E-state index contributed by atoms with van der Waals surface area (Å²) in [5.41, 5.74) is 0.300. The molecule has 0 aliphatic rings. The summed E-state index contributed by atoms with van der Waals surface area (Å²) in [7, 11) is 0. The van der Waals surface area contributed by atoms with Crippen molar-refractivity contribution < 1.29 is 5.11 Å². The summed E-state index contributed by atoms with van der Waals surface area (Å²) in [6.45, 7) is 5.55. The lowest BCUT2D eigenvalue weighted by Crippen LogP contribution is -2.27. The maximum Gasteiger partial charge on any atom is 0.266 e. The number of H-pyrrole nitrogens is 1. The Balaban J connectivity index is 2.45. The summed E-state index contributed by atoms with van der Waals surface area (Å²) < 4.78 is 0.589. The molecule has 0 fully saturated rings. The number of thioether (sulfide) groups is 1. The smallest absolute Gasteiger partial charge is 0.266 e. The predicted molar refractivity (Wildman–Crippen MR) is 87.6 cm³/mol. The van der Waals surface area contributed by atoms with Crippen LogP contribution in [0.5, 0.6) is 5.75 Å². The van der Waals surface area contributed by atoms with Gasteiger partial charge in [0.25, 0.3) is 5.56 Å². The highest BCUT2D eigenvalue weighted by Crippen LogP contribution is 2.32. The Labute approximate surface area is 126 Å². The van der Waals surface area contributed by atoms with Gasteiger partial charge in [-0.3, -0.25) is 4.79 Å². The monoisotopic (exact) mass is 308 g/mol. The molecule has 0 spiro atoms. The zero-order chi connectivity index (χ0) is 14.7. The lowest BCUT2D eigenvalue weighted by atomic mass is 10.2. The van der Waals surface area contributed by atoms with Gasteiger partial charge in [0.05, 0.1) is 5.52 Å². The van der Waals surface area contributed by atoms with E-state index in [-0.39, 0.29) is 16.2 Å². The van der Waals surface area contributed by atoms with Gasteiger partial charge in [0.15, 0.2) is 0 Å². The number of benzene rings is 1. The molecule has 1 aromatic carbocycles. The number of nitrogens with one attached hydrogen (secondary N) is 1. The summed E-state index contributed by atoms with van der Waals surface area (Å²) in [6, 6.07) is 7.15. The van der Waals surface area contributed by atoms with Gasteiger partial charge in [0.1, 0.15) is 15.0 Å². The Morgan fingerprint density at radius 3 is 2.65 bits per heavy atom. The van der Waals surface area contributed by atoms with Gasteiger partial charge < -0.3 is 15.0 Å². The molecule has 6 heteroatoms. The third-order valence-corrected chi connectivity index (χ3v) is 4.59. The molecule has 2 aromatic rings. The SMILES string of the molecule is CCN(CC)C(=S)Sc1c(O)c2ccccc2[nH]c1=O. The zero-order valence-corrected chi connectivity index (χ0v) is 13.0. The third kappa shape index (κ3) is 2.81. The van der Waals surface area contributed by atoms with E-state index in [1.807, 2.05) is 30.9 Å². The second-order valence-corrected chi connectivity index (χ2v) is 5.86. The van der Waals surface area contributed by atoms with E-state index >= 15 is 0 Å². The number of pyridine rings is 1. The standard InChI is InChI=1S/C14H16N2O2S2/c1-3-16(4-2)14(19)20-12-11(17)9-7-5-6-8-10(9)15-13(12)18/h5-8H,3-4H2,1-2H3,(H2,15,17,18). The first-order valence-electron chi connectivity index (χ1n) is 6.39. The number of aromatic amines is 1. The third-order valence-electron chi connectivity index (χ3n) is 3.06. The van der Waals surface area contributed by atoms with Crippen LogP contribution in [0.3, 0.4) is 0 Å². The topological polar surface area (TPSA) is 56.3 Å². The van der Waals surface area contributed by atoms with Crippen LogP contribution in [-0.4, -0.2) is 32.4 Å². The first kappa shape index (κ1) is 14.9. The van der Waals surface area contributed by atoms with Crippen molar-refractivity contribution >= 4 is 39.2 Å². The minimum atomic E-state index is -0.319. The first-order chi connectivity index (χ1) is 9.58. The molecule has 0 saturated carbocycles.